The van der Waals surface area contributed by atoms with Crippen LogP contribution in [-0.4, -0.2) is 99.3 Å². The zero-order valence-corrected chi connectivity index (χ0v) is 31.4. The third-order valence-corrected chi connectivity index (χ3v) is 19.5. The maximum atomic E-state index is 14.1. The van der Waals surface area contributed by atoms with E-state index < -0.39 is 59.0 Å². The van der Waals surface area contributed by atoms with Gasteiger partial charge in [-0.2, -0.15) is 4.98 Å². The number of hydrogen-bond acceptors (Lipinski definition) is 11. The molecule has 0 aromatic carbocycles. The minimum atomic E-state index is -3.19. The number of anilines is 1. The highest BCUT2D eigenvalue weighted by Gasteiger charge is 2.63. The van der Waals surface area contributed by atoms with Crippen molar-refractivity contribution in [3.05, 3.63) is 33.5 Å². The Labute approximate surface area is 278 Å². The second kappa shape index (κ2) is 14.4. The molecule has 0 bridgehead atoms. The van der Waals surface area contributed by atoms with Crippen LogP contribution < -0.4 is 22.3 Å². The molecule has 4 rings (SSSR count). The number of allylic oxidation sites excluding steroid dienone is 1. The van der Waals surface area contributed by atoms with Crippen LogP contribution in [0.25, 0.3) is 11.2 Å². The fourth-order valence-electron chi connectivity index (χ4n) is 6.76. The minimum Gasteiger partial charge on any atom is -0.438 e. The molecule has 2 aliphatic rings. The summed E-state index contributed by atoms with van der Waals surface area (Å²) in [5, 5.41) is 3.03. The molecule has 2 aromatic rings. The summed E-state index contributed by atoms with van der Waals surface area (Å²) in [4.78, 5) is 49.1. The van der Waals surface area contributed by atoms with E-state index in [2.05, 4.69) is 77.3 Å². The number of aromatic amines is 1. The normalized spacial score (nSPS) is 24.1. The standard InChI is InChI=1S/C30H53N7O8Si2/c1-12-14-36-22-25(33-28(31)34-26(22)38)37(29(36)39)27-24(43-30(40)35(11)15-13-32-10)23-21(42-27)16-41-46(17(2)3,18(4)5)45-47(44-23,19(6)7)20(8)9/h12,17-21,23-24,27,32H,1,13-16H2,2-11H3,(H3,31,33,34,38)/t21-,23-,24-,27?/m1/s1. The molecular weight excluding hydrogens is 643 g/mol. The second-order valence-electron chi connectivity index (χ2n) is 13.7. The van der Waals surface area contributed by atoms with E-state index in [-0.39, 0.29) is 52.4 Å². The number of amides is 1. The number of nitrogens with zero attached hydrogens (tertiary/aromatic N) is 4. The number of imidazole rings is 1. The van der Waals surface area contributed by atoms with Crippen molar-refractivity contribution >= 4 is 40.3 Å². The van der Waals surface area contributed by atoms with Crippen molar-refractivity contribution in [3.63, 3.8) is 0 Å². The van der Waals surface area contributed by atoms with Gasteiger partial charge in [-0.25, -0.2) is 14.2 Å². The van der Waals surface area contributed by atoms with E-state index in [0.717, 1.165) is 0 Å². The van der Waals surface area contributed by atoms with Gasteiger partial charge < -0.3 is 38.4 Å². The van der Waals surface area contributed by atoms with Gasteiger partial charge in [0.15, 0.2) is 23.5 Å². The number of rotatable bonds is 11. The molecule has 4 N–H and O–H groups in total. The van der Waals surface area contributed by atoms with Gasteiger partial charge in [0.1, 0.15) is 12.2 Å². The Balaban J connectivity index is 1.96. The number of aromatic nitrogens is 4. The number of nitrogens with two attached hydrogens (primary N) is 1. The first kappa shape index (κ1) is 37.0. The number of ether oxygens (including phenoxy) is 2. The number of carbonyl (C=O) groups is 1. The lowest BCUT2D eigenvalue weighted by Crippen LogP contribution is -2.66. The van der Waals surface area contributed by atoms with Gasteiger partial charge in [-0.3, -0.25) is 14.3 Å². The summed E-state index contributed by atoms with van der Waals surface area (Å²) in [6.07, 6.45) is -3.12. The van der Waals surface area contributed by atoms with Crippen LogP contribution in [0.15, 0.2) is 22.2 Å². The van der Waals surface area contributed by atoms with E-state index >= 15 is 0 Å². The van der Waals surface area contributed by atoms with E-state index in [1.54, 1.807) is 14.1 Å². The van der Waals surface area contributed by atoms with Crippen molar-refractivity contribution in [2.45, 2.75) is 109 Å². The lowest BCUT2D eigenvalue weighted by molar-refractivity contribution is -0.0601. The summed E-state index contributed by atoms with van der Waals surface area (Å²) in [5.74, 6) is -0.181. The van der Waals surface area contributed by atoms with Crippen LogP contribution in [0.2, 0.25) is 22.2 Å². The van der Waals surface area contributed by atoms with E-state index in [1.165, 1.54) is 20.1 Å². The third-order valence-electron chi connectivity index (χ3n) is 9.26. The van der Waals surface area contributed by atoms with Crippen molar-refractivity contribution in [2.75, 3.05) is 39.5 Å². The molecule has 0 saturated carbocycles. The van der Waals surface area contributed by atoms with Gasteiger partial charge in [-0.05, 0) is 29.2 Å². The van der Waals surface area contributed by atoms with Gasteiger partial charge in [0.25, 0.3) is 5.56 Å². The number of carbonyl (C=O) groups excluding carboxylic acids is 1. The van der Waals surface area contributed by atoms with E-state index in [0.29, 0.717) is 13.1 Å². The molecule has 0 spiro atoms. The third kappa shape index (κ3) is 6.62. The Morgan fingerprint density at radius 2 is 1.77 bits per heavy atom. The Bertz CT molecular complexity index is 1540. The van der Waals surface area contributed by atoms with Crippen molar-refractivity contribution in [1.29, 1.82) is 0 Å². The molecule has 2 fully saturated rings. The molecule has 17 heteroatoms. The highest BCUT2D eigenvalue weighted by molar-refractivity contribution is 6.84. The summed E-state index contributed by atoms with van der Waals surface area (Å²) in [5.41, 5.74) is 4.92. The van der Waals surface area contributed by atoms with Gasteiger partial charge in [0.05, 0.1) is 6.61 Å². The number of nitrogens with one attached hydrogen (secondary N) is 2. The summed E-state index contributed by atoms with van der Waals surface area (Å²) in [6.45, 7) is 21.6. The van der Waals surface area contributed by atoms with E-state index in [1.807, 2.05) is 0 Å². The van der Waals surface area contributed by atoms with Crippen LogP contribution in [0.5, 0.6) is 0 Å². The average molecular weight is 696 g/mol. The van der Waals surface area contributed by atoms with Gasteiger partial charge in [-0.1, -0.05) is 61.5 Å². The molecular formula is C30H53N7O8Si2. The zero-order chi connectivity index (χ0) is 35.0. The Morgan fingerprint density at radius 3 is 2.32 bits per heavy atom. The van der Waals surface area contributed by atoms with Crippen LogP contribution in [0.1, 0.15) is 61.6 Å². The first-order valence-electron chi connectivity index (χ1n) is 16.4. The summed E-state index contributed by atoms with van der Waals surface area (Å²) < 4.78 is 36.9. The maximum Gasteiger partial charge on any atom is 0.410 e. The Morgan fingerprint density at radius 1 is 1.15 bits per heavy atom. The zero-order valence-electron chi connectivity index (χ0n) is 29.4. The van der Waals surface area contributed by atoms with Crippen LogP contribution >= 0.6 is 0 Å². The fraction of sp³-hybridized carbons (Fsp3) is 0.733. The predicted octanol–water partition coefficient (Wildman–Crippen LogP) is 3.16. The van der Waals surface area contributed by atoms with Crippen LogP contribution in [0, 0.1) is 0 Å². The van der Waals surface area contributed by atoms with Crippen LogP contribution in [-0.2, 0) is 29.0 Å². The van der Waals surface area contributed by atoms with Gasteiger partial charge in [-0.15, -0.1) is 6.58 Å². The summed E-state index contributed by atoms with van der Waals surface area (Å²) >= 11 is 0. The Hall–Kier alpha value is -2.81. The van der Waals surface area contributed by atoms with E-state index in [9.17, 15) is 14.4 Å². The number of H-pyrrole nitrogens is 1. The van der Waals surface area contributed by atoms with E-state index in [4.69, 9.17) is 28.2 Å². The van der Waals surface area contributed by atoms with Crippen molar-refractivity contribution < 1.29 is 27.2 Å². The highest BCUT2D eigenvalue weighted by Crippen LogP contribution is 2.49. The van der Waals surface area contributed by atoms with Crippen molar-refractivity contribution in [3.8, 4) is 0 Å². The molecule has 2 aliphatic heterocycles. The monoisotopic (exact) mass is 695 g/mol. The molecule has 1 amide bonds. The molecule has 264 valence electrons. The first-order chi connectivity index (χ1) is 22.1. The molecule has 4 atom stereocenters. The average Bonchev–Trinajstić information content (AvgIpc) is 3.43. The fourth-order valence-corrected chi connectivity index (χ4v) is 18.0. The second-order valence-corrected chi connectivity index (χ2v) is 22.5. The van der Waals surface area contributed by atoms with Crippen LogP contribution in [0.3, 0.4) is 0 Å². The molecule has 0 radical (unpaired) electrons. The molecule has 15 nitrogen and oxygen atoms in total. The lowest BCUT2D eigenvalue weighted by atomic mass is 10.1. The first-order valence-corrected chi connectivity index (χ1v) is 20.4. The Kier molecular flexibility index (Phi) is 11.3. The summed E-state index contributed by atoms with van der Waals surface area (Å²) in [7, 11) is -2.70. The SMILES string of the molecule is C=CCn1c(=O)n(C2O[C@@H]3CO[Si](C(C)C)(C(C)C)O[Si](C(C)C)(C(C)C)O[C@H]3[C@H]2OC(=O)N(C)CCNC)c2nc(N)[nH]c(=O)c21. The largest absolute Gasteiger partial charge is 0.438 e. The molecule has 47 heavy (non-hydrogen) atoms. The highest BCUT2D eigenvalue weighted by atomic mass is 28.5. The minimum absolute atomic E-state index is 0.00662. The molecule has 0 aliphatic carbocycles. The van der Waals surface area contributed by atoms with Crippen molar-refractivity contribution in [1.82, 2.24) is 29.3 Å². The number of likely N-dealkylation sites (N-methyl/N-ethyl adjacent to an activating group) is 2. The van der Waals surface area contributed by atoms with Crippen molar-refractivity contribution in [2.24, 2.45) is 0 Å². The van der Waals surface area contributed by atoms with Gasteiger partial charge in [0.2, 0.25) is 5.95 Å². The number of nitrogen functional groups attached to an aromatic ring is 1. The topological polar surface area (TPSA) is 177 Å². The molecule has 4 heterocycles. The smallest absolute Gasteiger partial charge is 0.410 e. The predicted molar refractivity (Wildman–Crippen MR) is 184 cm³/mol. The number of fused-ring (bicyclic) bond motifs is 2. The van der Waals surface area contributed by atoms with Gasteiger partial charge in [0, 0.05) is 26.7 Å². The summed E-state index contributed by atoms with van der Waals surface area (Å²) in [6, 6.07) is 0. The van der Waals surface area contributed by atoms with Crippen LogP contribution in [0.4, 0.5) is 10.7 Å². The molecule has 2 aromatic heterocycles. The molecule has 2 saturated heterocycles. The quantitative estimate of drug-likeness (QED) is 0.232. The maximum absolute atomic E-state index is 14.1. The number of hydrogen-bond donors (Lipinski definition) is 3. The lowest BCUT2D eigenvalue weighted by Gasteiger charge is -2.51. The van der Waals surface area contributed by atoms with Gasteiger partial charge >= 0.3 is 28.9 Å². The molecule has 1 unspecified atom stereocenters.